The van der Waals surface area contributed by atoms with Crippen molar-refractivity contribution in [1.82, 2.24) is 9.97 Å². The molecule has 0 unspecified atom stereocenters. The number of hydrogen-bond acceptors (Lipinski definition) is 6. The molecule has 0 spiro atoms. The summed E-state index contributed by atoms with van der Waals surface area (Å²) >= 11 is 4.27. The molecule has 0 aliphatic rings. The van der Waals surface area contributed by atoms with E-state index in [9.17, 15) is 16.8 Å². The Balaban J connectivity index is 1.67. The second kappa shape index (κ2) is 13.4. The average Bonchev–Trinajstić information content (AvgIpc) is 2.97. The van der Waals surface area contributed by atoms with Crippen LogP contribution in [0, 0.1) is 14.1 Å². The number of sulfonamides is 2. The summed E-state index contributed by atoms with van der Waals surface area (Å²) in [5.74, 6) is -1.28. The van der Waals surface area contributed by atoms with E-state index in [2.05, 4.69) is 50.2 Å². The van der Waals surface area contributed by atoms with Gasteiger partial charge >= 0.3 is 0 Å². The highest BCUT2D eigenvalue weighted by Gasteiger charge is 2.38. The topological polar surface area (TPSA) is 97.3 Å². The van der Waals surface area contributed by atoms with E-state index in [1.807, 2.05) is 61.5 Å². The molecule has 0 radical (unpaired) electrons. The van der Waals surface area contributed by atoms with Gasteiger partial charge in [0.25, 0.3) is 20.0 Å². The molecule has 7 nitrogen and oxygen atoms in total. The minimum Gasteiger partial charge on any atom is -0.247 e. The minimum atomic E-state index is -4.49. The van der Waals surface area contributed by atoms with Crippen molar-refractivity contribution >= 4 is 71.0 Å². The highest BCUT2D eigenvalue weighted by atomic mass is 127. The average molecular weight is 836 g/mol. The molecule has 0 fully saturated rings. The maximum Gasteiger partial charge on any atom is 0.253 e. The molecule has 0 saturated carbocycles. The van der Waals surface area contributed by atoms with Crippen LogP contribution in [-0.4, -0.2) is 26.8 Å². The predicted molar refractivity (Wildman–Crippen MR) is 187 cm³/mol. The van der Waals surface area contributed by atoms with E-state index in [0.717, 1.165) is 23.8 Å². The number of benzene rings is 4. The summed E-state index contributed by atoms with van der Waals surface area (Å²) in [6.07, 6.45) is 1.61. The van der Waals surface area contributed by atoms with Crippen LogP contribution in [0.2, 0.25) is 0 Å². The summed E-state index contributed by atoms with van der Waals surface area (Å²) in [6, 6.07) is 31.0. The summed E-state index contributed by atoms with van der Waals surface area (Å²) in [5, 5.41) is 0. The monoisotopic (exact) mass is 835 g/mol. The van der Waals surface area contributed by atoms with Crippen molar-refractivity contribution in [2.45, 2.75) is 24.9 Å². The Morgan fingerprint density at radius 1 is 0.651 bits per heavy atom. The van der Waals surface area contributed by atoms with E-state index in [-0.39, 0.29) is 17.9 Å². The third-order valence-corrected chi connectivity index (χ3v) is 12.1. The Morgan fingerprint density at radius 2 is 1.16 bits per heavy atom. The first-order chi connectivity index (χ1) is 20.5. The van der Waals surface area contributed by atoms with E-state index in [0.29, 0.717) is 20.5 Å². The zero-order chi connectivity index (χ0) is 30.6. The minimum absolute atomic E-state index is 0.178. The molecule has 0 saturated heterocycles. The second-order valence-electron chi connectivity index (χ2n) is 10.0. The number of halogens is 2. The number of hydrogen-bond donors (Lipinski definition) is 0. The fraction of sp³-hybridized carbons (Fsp3) is 0.125. The first-order valence-corrected chi connectivity index (χ1v) is 18.6. The standard InChI is InChI=1S/C32H27I2N3O4S2/c1-23-7-13-27(14-8-23)31-20-35-32(30(36-31)19-24-5-3-2-4-6-24)37(42(38,39)21-25-9-15-28(33)16-10-25)43(40,41)22-26-11-17-29(34)18-12-26/h2-18,20H,19,21-22H2,1H3. The van der Waals surface area contributed by atoms with Crippen molar-refractivity contribution in [3.8, 4) is 11.3 Å². The molecule has 0 aliphatic carbocycles. The molecule has 0 amide bonds. The third-order valence-electron chi connectivity index (χ3n) is 6.59. The van der Waals surface area contributed by atoms with Crippen LogP contribution in [0.1, 0.15) is 27.9 Å². The fourth-order valence-electron chi connectivity index (χ4n) is 4.48. The van der Waals surface area contributed by atoms with Gasteiger partial charge in [0, 0.05) is 19.1 Å². The van der Waals surface area contributed by atoms with Crippen molar-refractivity contribution in [2.75, 3.05) is 3.71 Å². The maximum atomic E-state index is 14.1. The molecule has 43 heavy (non-hydrogen) atoms. The van der Waals surface area contributed by atoms with E-state index >= 15 is 0 Å². The first-order valence-electron chi connectivity index (χ1n) is 13.2. The van der Waals surface area contributed by atoms with Gasteiger partial charge < -0.3 is 0 Å². The van der Waals surface area contributed by atoms with Gasteiger partial charge in [0.05, 0.1) is 29.1 Å². The van der Waals surface area contributed by atoms with Gasteiger partial charge in [0.2, 0.25) is 0 Å². The van der Waals surface area contributed by atoms with Gasteiger partial charge in [0.15, 0.2) is 5.82 Å². The molecule has 0 atom stereocenters. The Bertz CT molecular complexity index is 1860. The van der Waals surface area contributed by atoms with Gasteiger partial charge in [-0.05, 0) is 93.1 Å². The molecular weight excluding hydrogens is 808 g/mol. The Kier molecular flexibility index (Phi) is 9.83. The van der Waals surface area contributed by atoms with Gasteiger partial charge in [-0.3, -0.25) is 0 Å². The summed E-state index contributed by atoms with van der Waals surface area (Å²) in [4.78, 5) is 9.34. The van der Waals surface area contributed by atoms with Gasteiger partial charge in [-0.15, -0.1) is 3.71 Å². The number of aromatic nitrogens is 2. The number of rotatable bonds is 10. The van der Waals surface area contributed by atoms with Crippen LogP contribution in [0.3, 0.4) is 0 Å². The van der Waals surface area contributed by atoms with Gasteiger partial charge in [-0.1, -0.05) is 84.4 Å². The number of anilines is 1. The molecule has 5 aromatic rings. The highest BCUT2D eigenvalue weighted by molar-refractivity contribution is 14.1. The van der Waals surface area contributed by atoms with Crippen LogP contribution < -0.4 is 3.71 Å². The van der Waals surface area contributed by atoms with Crippen LogP contribution in [0.5, 0.6) is 0 Å². The first kappa shape index (κ1) is 31.5. The quantitative estimate of drug-likeness (QED) is 0.139. The van der Waals surface area contributed by atoms with Crippen molar-refractivity contribution in [3.05, 3.63) is 144 Å². The molecule has 11 heteroatoms. The maximum absolute atomic E-state index is 14.1. The molecular formula is C32H27I2N3O4S2. The normalized spacial score (nSPS) is 11.8. The third kappa shape index (κ3) is 7.99. The summed E-state index contributed by atoms with van der Waals surface area (Å²) in [7, 11) is -8.97. The molecule has 1 aromatic heterocycles. The zero-order valence-electron chi connectivity index (χ0n) is 23.1. The Morgan fingerprint density at radius 3 is 1.67 bits per heavy atom. The van der Waals surface area contributed by atoms with E-state index in [1.165, 1.54) is 6.20 Å². The molecule has 4 aromatic carbocycles. The lowest BCUT2D eigenvalue weighted by Crippen LogP contribution is -2.40. The predicted octanol–water partition coefficient (Wildman–Crippen LogP) is 7.12. The lowest BCUT2D eigenvalue weighted by atomic mass is 10.1. The summed E-state index contributed by atoms with van der Waals surface area (Å²) < 4.78 is 59.0. The van der Waals surface area contributed by atoms with Crippen LogP contribution in [-0.2, 0) is 38.0 Å². The SMILES string of the molecule is Cc1ccc(-c2cnc(N(S(=O)(=O)Cc3ccc(I)cc3)S(=O)(=O)Cc3ccc(I)cc3)c(Cc3ccccc3)n2)cc1. The highest BCUT2D eigenvalue weighted by Crippen LogP contribution is 2.31. The van der Waals surface area contributed by atoms with Crippen LogP contribution in [0.4, 0.5) is 5.82 Å². The van der Waals surface area contributed by atoms with Crippen molar-refractivity contribution < 1.29 is 16.8 Å². The largest absolute Gasteiger partial charge is 0.253 e. The molecule has 0 N–H and O–H groups in total. The van der Waals surface area contributed by atoms with E-state index < -0.39 is 31.6 Å². The lowest BCUT2D eigenvalue weighted by molar-refractivity contribution is 0.582. The van der Waals surface area contributed by atoms with Gasteiger partial charge in [-0.25, -0.2) is 26.8 Å². The Hall–Kier alpha value is -2.88. The number of aryl methyl sites for hydroxylation is 1. The van der Waals surface area contributed by atoms with Crippen molar-refractivity contribution in [3.63, 3.8) is 0 Å². The lowest BCUT2D eigenvalue weighted by Gasteiger charge is -2.25. The van der Waals surface area contributed by atoms with E-state index in [1.54, 1.807) is 48.5 Å². The molecule has 5 rings (SSSR count). The molecule has 1 heterocycles. The summed E-state index contributed by atoms with van der Waals surface area (Å²) in [6.45, 7) is 1.98. The number of nitrogens with zero attached hydrogens (tertiary/aromatic N) is 3. The molecule has 220 valence electrons. The van der Waals surface area contributed by atoms with Crippen molar-refractivity contribution in [1.29, 1.82) is 0 Å². The second-order valence-corrected chi connectivity index (χ2v) is 16.4. The van der Waals surface area contributed by atoms with Gasteiger partial charge in [-0.2, -0.15) is 0 Å². The molecule has 0 bridgehead atoms. The van der Waals surface area contributed by atoms with Gasteiger partial charge in [0.1, 0.15) is 0 Å². The van der Waals surface area contributed by atoms with Crippen LogP contribution >= 0.6 is 45.2 Å². The summed E-state index contributed by atoms with van der Waals surface area (Å²) in [5.41, 5.74) is 4.37. The van der Waals surface area contributed by atoms with Crippen LogP contribution in [0.15, 0.2) is 109 Å². The smallest absolute Gasteiger partial charge is 0.247 e. The Labute approximate surface area is 279 Å². The van der Waals surface area contributed by atoms with Crippen LogP contribution in [0.25, 0.3) is 11.3 Å². The van der Waals surface area contributed by atoms with Crippen molar-refractivity contribution in [2.24, 2.45) is 0 Å². The van der Waals surface area contributed by atoms with E-state index in [4.69, 9.17) is 4.98 Å². The molecule has 0 aliphatic heterocycles. The fourth-order valence-corrected chi connectivity index (χ4v) is 9.19. The zero-order valence-corrected chi connectivity index (χ0v) is 29.0.